The van der Waals surface area contributed by atoms with E-state index in [1.54, 1.807) is 6.20 Å². The summed E-state index contributed by atoms with van der Waals surface area (Å²) in [4.78, 5) is 12.9. The van der Waals surface area contributed by atoms with E-state index >= 15 is 0 Å². The van der Waals surface area contributed by atoms with E-state index in [2.05, 4.69) is 31.9 Å². The highest BCUT2D eigenvalue weighted by Gasteiger charge is 2.19. The molecule has 0 unspecified atom stereocenters. The van der Waals surface area contributed by atoms with Crippen LogP contribution in [0.2, 0.25) is 0 Å². The second-order valence-corrected chi connectivity index (χ2v) is 5.72. The smallest absolute Gasteiger partial charge is 0.231 e. The number of nitrogen functional groups attached to an aromatic ring is 1. The monoisotopic (exact) mass is 313 g/mol. The van der Waals surface area contributed by atoms with E-state index in [1.165, 1.54) is 5.56 Å². The van der Waals surface area contributed by atoms with Crippen LogP contribution in [-0.2, 0) is 6.54 Å². The van der Waals surface area contributed by atoms with Crippen molar-refractivity contribution < 1.29 is 9.47 Å². The second kappa shape index (κ2) is 5.92. The third-order valence-electron chi connectivity index (χ3n) is 4.20. The normalized spacial score (nSPS) is 17.5. The fourth-order valence-electron chi connectivity index (χ4n) is 2.97. The van der Waals surface area contributed by atoms with E-state index in [-0.39, 0.29) is 0 Å². The van der Waals surface area contributed by atoms with E-state index in [1.807, 2.05) is 12.1 Å². The SMILES string of the molecule is Nc1nccc(N2CCN(Cc3ccc4c(c3)OCO4)CC2)n1. The molecular weight excluding hydrogens is 294 g/mol. The molecule has 0 saturated carbocycles. The third-order valence-corrected chi connectivity index (χ3v) is 4.20. The van der Waals surface area contributed by atoms with Crippen LogP contribution in [0, 0.1) is 0 Å². The number of benzene rings is 1. The molecule has 0 spiro atoms. The lowest BCUT2D eigenvalue weighted by atomic mass is 10.1. The molecule has 2 aromatic rings. The summed E-state index contributed by atoms with van der Waals surface area (Å²) in [5, 5.41) is 0. The van der Waals surface area contributed by atoms with Gasteiger partial charge in [-0.15, -0.1) is 0 Å². The molecule has 0 bridgehead atoms. The van der Waals surface area contributed by atoms with Crippen molar-refractivity contribution >= 4 is 11.8 Å². The molecule has 0 atom stereocenters. The quantitative estimate of drug-likeness (QED) is 0.909. The summed E-state index contributed by atoms with van der Waals surface area (Å²) in [6.45, 7) is 5.06. The Balaban J connectivity index is 1.36. The molecule has 0 aliphatic carbocycles. The van der Waals surface area contributed by atoms with Crippen LogP contribution in [0.25, 0.3) is 0 Å². The summed E-state index contributed by atoms with van der Waals surface area (Å²) >= 11 is 0. The first kappa shape index (κ1) is 14.1. The van der Waals surface area contributed by atoms with Gasteiger partial charge < -0.3 is 20.1 Å². The fourth-order valence-corrected chi connectivity index (χ4v) is 2.97. The highest BCUT2D eigenvalue weighted by molar-refractivity contribution is 5.44. The number of rotatable bonds is 3. The van der Waals surface area contributed by atoms with E-state index in [0.717, 1.165) is 50.0 Å². The topological polar surface area (TPSA) is 76.7 Å². The predicted octanol–water partition coefficient (Wildman–Crippen LogP) is 1.11. The Bertz CT molecular complexity index is 701. The van der Waals surface area contributed by atoms with Crippen LogP contribution in [0.4, 0.5) is 11.8 Å². The molecule has 4 rings (SSSR count). The van der Waals surface area contributed by atoms with Crippen molar-refractivity contribution in [2.24, 2.45) is 0 Å². The van der Waals surface area contributed by atoms with Crippen molar-refractivity contribution in [2.75, 3.05) is 43.6 Å². The van der Waals surface area contributed by atoms with Crippen LogP contribution in [0.5, 0.6) is 11.5 Å². The van der Waals surface area contributed by atoms with Crippen molar-refractivity contribution in [3.63, 3.8) is 0 Å². The molecule has 7 heteroatoms. The van der Waals surface area contributed by atoms with Gasteiger partial charge in [-0.2, -0.15) is 4.98 Å². The van der Waals surface area contributed by atoms with Gasteiger partial charge in [-0.1, -0.05) is 6.07 Å². The van der Waals surface area contributed by atoms with E-state index in [9.17, 15) is 0 Å². The van der Waals surface area contributed by atoms with Crippen LogP contribution in [0.15, 0.2) is 30.5 Å². The number of ether oxygens (including phenoxy) is 2. The van der Waals surface area contributed by atoms with Crippen LogP contribution in [0.1, 0.15) is 5.56 Å². The average Bonchev–Trinajstić information content (AvgIpc) is 3.03. The van der Waals surface area contributed by atoms with Gasteiger partial charge in [-0.25, -0.2) is 4.98 Å². The Morgan fingerprint density at radius 3 is 2.70 bits per heavy atom. The van der Waals surface area contributed by atoms with Crippen LogP contribution >= 0.6 is 0 Å². The molecule has 1 aromatic carbocycles. The summed E-state index contributed by atoms with van der Waals surface area (Å²) in [5.41, 5.74) is 6.90. The van der Waals surface area contributed by atoms with Gasteiger partial charge in [0.2, 0.25) is 12.7 Å². The van der Waals surface area contributed by atoms with Gasteiger partial charge in [0.25, 0.3) is 0 Å². The number of aromatic nitrogens is 2. The molecule has 2 N–H and O–H groups in total. The standard InChI is InChI=1S/C16H19N5O2/c17-16-18-4-3-15(19-16)21-7-5-20(6-8-21)10-12-1-2-13-14(9-12)23-11-22-13/h1-4,9H,5-8,10-11H2,(H2,17,18,19). The highest BCUT2D eigenvalue weighted by atomic mass is 16.7. The molecule has 1 saturated heterocycles. The first-order valence-electron chi connectivity index (χ1n) is 7.72. The van der Waals surface area contributed by atoms with Crippen LogP contribution in [0.3, 0.4) is 0 Å². The summed E-state index contributed by atoms with van der Waals surface area (Å²) in [5.74, 6) is 2.91. The third kappa shape index (κ3) is 3.00. The van der Waals surface area contributed by atoms with Gasteiger partial charge >= 0.3 is 0 Å². The Labute approximate surface area is 134 Å². The number of anilines is 2. The number of nitrogens with zero attached hydrogens (tertiary/aromatic N) is 4. The van der Waals surface area contributed by atoms with Crippen molar-refractivity contribution in [1.82, 2.24) is 14.9 Å². The van der Waals surface area contributed by atoms with Crippen LogP contribution in [-0.4, -0.2) is 47.8 Å². The minimum Gasteiger partial charge on any atom is -0.454 e. The minimum atomic E-state index is 0.319. The molecule has 1 fully saturated rings. The van der Waals surface area contributed by atoms with Gasteiger partial charge in [-0.3, -0.25) is 4.90 Å². The lowest BCUT2D eigenvalue weighted by molar-refractivity contribution is 0.174. The van der Waals surface area contributed by atoms with Crippen molar-refractivity contribution in [2.45, 2.75) is 6.54 Å². The molecule has 120 valence electrons. The Morgan fingerprint density at radius 1 is 1.04 bits per heavy atom. The lowest BCUT2D eigenvalue weighted by Crippen LogP contribution is -2.46. The van der Waals surface area contributed by atoms with Gasteiger partial charge in [0.05, 0.1) is 0 Å². The van der Waals surface area contributed by atoms with Crippen LogP contribution < -0.4 is 20.1 Å². The van der Waals surface area contributed by atoms with Gasteiger partial charge in [0.1, 0.15) is 5.82 Å². The number of hydrogen-bond acceptors (Lipinski definition) is 7. The molecule has 1 aromatic heterocycles. The summed E-state index contributed by atoms with van der Waals surface area (Å²) in [7, 11) is 0. The number of nitrogens with two attached hydrogens (primary N) is 1. The summed E-state index contributed by atoms with van der Waals surface area (Å²) in [6.07, 6.45) is 1.71. The molecule has 23 heavy (non-hydrogen) atoms. The molecule has 2 aliphatic heterocycles. The first-order chi connectivity index (χ1) is 11.3. The Kier molecular flexibility index (Phi) is 3.63. The number of hydrogen-bond donors (Lipinski definition) is 1. The van der Waals surface area contributed by atoms with E-state index < -0.39 is 0 Å². The molecule has 3 heterocycles. The molecule has 0 radical (unpaired) electrons. The molecule has 2 aliphatic rings. The maximum Gasteiger partial charge on any atom is 0.231 e. The van der Waals surface area contributed by atoms with E-state index in [0.29, 0.717) is 12.7 Å². The molecule has 0 amide bonds. The molecule has 7 nitrogen and oxygen atoms in total. The van der Waals surface area contributed by atoms with Gasteiger partial charge in [0, 0.05) is 38.9 Å². The summed E-state index contributed by atoms with van der Waals surface area (Å²) in [6, 6.07) is 8.06. The van der Waals surface area contributed by atoms with Crippen molar-refractivity contribution in [3.8, 4) is 11.5 Å². The van der Waals surface area contributed by atoms with Gasteiger partial charge in [0.15, 0.2) is 11.5 Å². The van der Waals surface area contributed by atoms with Crippen molar-refractivity contribution in [3.05, 3.63) is 36.0 Å². The summed E-state index contributed by atoms with van der Waals surface area (Å²) < 4.78 is 10.8. The highest BCUT2D eigenvalue weighted by Crippen LogP contribution is 2.32. The van der Waals surface area contributed by atoms with Crippen molar-refractivity contribution in [1.29, 1.82) is 0 Å². The van der Waals surface area contributed by atoms with E-state index in [4.69, 9.17) is 15.2 Å². The Hall–Kier alpha value is -2.54. The van der Waals surface area contributed by atoms with Gasteiger partial charge in [-0.05, 0) is 23.8 Å². The largest absolute Gasteiger partial charge is 0.454 e. The Morgan fingerprint density at radius 2 is 1.87 bits per heavy atom. The zero-order chi connectivity index (χ0) is 15.6. The zero-order valence-electron chi connectivity index (χ0n) is 12.8. The molecular formula is C16H19N5O2. The maximum atomic E-state index is 5.66. The number of fused-ring (bicyclic) bond motifs is 1. The lowest BCUT2D eigenvalue weighted by Gasteiger charge is -2.35. The maximum absolute atomic E-state index is 5.66. The fraction of sp³-hybridized carbons (Fsp3) is 0.375. The minimum absolute atomic E-state index is 0.319. The zero-order valence-corrected chi connectivity index (χ0v) is 12.8. The average molecular weight is 313 g/mol. The second-order valence-electron chi connectivity index (χ2n) is 5.72. The first-order valence-corrected chi connectivity index (χ1v) is 7.72. The number of piperazine rings is 1. The predicted molar refractivity (Wildman–Crippen MR) is 86.5 cm³/mol.